The van der Waals surface area contributed by atoms with Crippen LogP contribution < -0.4 is 11.1 Å². The molecule has 4 N–H and O–H groups in total. The molecule has 15 heavy (non-hydrogen) atoms. The van der Waals surface area contributed by atoms with Crippen LogP contribution in [0, 0.1) is 0 Å². The zero-order valence-corrected chi connectivity index (χ0v) is 8.71. The largest absolute Gasteiger partial charge is 0.399 e. The molecule has 1 aromatic carbocycles. The topological polar surface area (TPSA) is 109 Å². The molecule has 0 aliphatic heterocycles. The van der Waals surface area contributed by atoms with E-state index in [0.29, 0.717) is 0 Å². The molecule has 7 heteroatoms. The van der Waals surface area contributed by atoms with Crippen LogP contribution in [-0.4, -0.2) is 18.9 Å². The lowest BCUT2D eigenvalue weighted by Gasteiger charge is -2.05. The number of rotatable bonds is 2. The van der Waals surface area contributed by atoms with Crippen LogP contribution in [-0.2, 0) is 14.9 Å². The second-order valence-electron chi connectivity index (χ2n) is 2.95. The SMILES string of the molecule is CC(=O)Nc1cc(N)cc(S(=O)(=O)O)c1. The molecule has 6 nitrogen and oxygen atoms in total. The molecule has 82 valence electrons. The Bertz CT molecular complexity index is 495. The Morgan fingerprint density at radius 2 is 2.00 bits per heavy atom. The average Bonchev–Trinajstić information content (AvgIpc) is 1.99. The van der Waals surface area contributed by atoms with E-state index < -0.39 is 10.1 Å². The molecule has 1 rings (SSSR count). The summed E-state index contributed by atoms with van der Waals surface area (Å²) in [6.07, 6.45) is 0. The molecule has 0 saturated carbocycles. The van der Waals surface area contributed by atoms with E-state index in [1.807, 2.05) is 0 Å². The smallest absolute Gasteiger partial charge is 0.294 e. The van der Waals surface area contributed by atoms with Crippen LogP contribution in [0.5, 0.6) is 0 Å². The molecule has 0 radical (unpaired) electrons. The van der Waals surface area contributed by atoms with Crippen LogP contribution in [0.4, 0.5) is 11.4 Å². The normalized spacial score (nSPS) is 11.1. The first kappa shape index (κ1) is 11.5. The van der Waals surface area contributed by atoms with Crippen molar-refractivity contribution in [1.82, 2.24) is 0 Å². The number of nitrogens with two attached hydrogens (primary N) is 1. The molecule has 1 amide bonds. The standard InChI is InChI=1S/C8H10N2O4S/c1-5(11)10-7-2-6(9)3-8(4-7)15(12,13)14/h2-4H,9H2,1H3,(H,10,11)(H,12,13,14). The van der Waals surface area contributed by atoms with Crippen LogP contribution in [0.25, 0.3) is 0 Å². The summed E-state index contributed by atoms with van der Waals surface area (Å²) in [6, 6.07) is 3.60. The Hall–Kier alpha value is -1.60. The molecule has 0 bridgehead atoms. The lowest BCUT2D eigenvalue weighted by molar-refractivity contribution is -0.114. The Morgan fingerprint density at radius 1 is 1.40 bits per heavy atom. The summed E-state index contributed by atoms with van der Waals surface area (Å²) < 4.78 is 30.4. The van der Waals surface area contributed by atoms with Crippen molar-refractivity contribution in [2.24, 2.45) is 0 Å². The first-order valence-corrected chi connectivity index (χ1v) is 5.38. The summed E-state index contributed by atoms with van der Waals surface area (Å²) in [4.78, 5) is 10.4. The number of hydrogen-bond donors (Lipinski definition) is 3. The van der Waals surface area contributed by atoms with Gasteiger partial charge in [0, 0.05) is 18.3 Å². The Morgan fingerprint density at radius 3 is 2.47 bits per heavy atom. The molecule has 0 aromatic heterocycles. The maximum Gasteiger partial charge on any atom is 0.294 e. The van der Waals surface area contributed by atoms with E-state index in [9.17, 15) is 13.2 Å². The monoisotopic (exact) mass is 230 g/mol. The van der Waals surface area contributed by atoms with Crippen molar-refractivity contribution in [3.63, 3.8) is 0 Å². The number of hydrogen-bond acceptors (Lipinski definition) is 4. The van der Waals surface area contributed by atoms with Crippen LogP contribution in [0.2, 0.25) is 0 Å². The highest BCUT2D eigenvalue weighted by molar-refractivity contribution is 7.85. The van der Waals surface area contributed by atoms with Crippen LogP contribution >= 0.6 is 0 Å². The maximum absolute atomic E-state index is 10.8. The van der Waals surface area contributed by atoms with Crippen molar-refractivity contribution in [3.8, 4) is 0 Å². The number of nitrogens with one attached hydrogen (secondary N) is 1. The molecule has 0 heterocycles. The lowest BCUT2D eigenvalue weighted by atomic mass is 10.3. The van der Waals surface area contributed by atoms with Crippen molar-refractivity contribution in [2.45, 2.75) is 11.8 Å². The zero-order valence-electron chi connectivity index (χ0n) is 7.89. The summed E-state index contributed by atoms with van der Waals surface area (Å²) >= 11 is 0. The minimum Gasteiger partial charge on any atom is -0.399 e. The zero-order chi connectivity index (χ0) is 11.6. The maximum atomic E-state index is 10.8. The quantitative estimate of drug-likeness (QED) is 0.505. The first-order chi connectivity index (χ1) is 6.79. The van der Waals surface area contributed by atoms with Crippen molar-refractivity contribution in [1.29, 1.82) is 0 Å². The van der Waals surface area contributed by atoms with E-state index in [1.54, 1.807) is 0 Å². The first-order valence-electron chi connectivity index (χ1n) is 3.94. The van der Waals surface area contributed by atoms with Crippen molar-refractivity contribution < 1.29 is 17.8 Å². The highest BCUT2D eigenvalue weighted by Crippen LogP contribution is 2.20. The Labute approximate surface area is 86.8 Å². The number of benzene rings is 1. The van der Waals surface area contributed by atoms with Gasteiger partial charge < -0.3 is 11.1 Å². The third kappa shape index (κ3) is 3.22. The molecule has 0 fully saturated rings. The van der Waals surface area contributed by atoms with Crippen molar-refractivity contribution in [2.75, 3.05) is 11.1 Å². The van der Waals surface area contributed by atoms with Gasteiger partial charge in [-0.05, 0) is 18.2 Å². The van der Waals surface area contributed by atoms with Gasteiger partial charge in [-0.2, -0.15) is 8.42 Å². The highest BCUT2D eigenvalue weighted by Gasteiger charge is 2.11. The summed E-state index contributed by atoms with van der Waals surface area (Å²) in [5, 5.41) is 2.36. The van der Waals surface area contributed by atoms with E-state index in [-0.39, 0.29) is 22.2 Å². The van der Waals surface area contributed by atoms with Gasteiger partial charge >= 0.3 is 0 Å². The molecule has 0 aliphatic carbocycles. The molecule has 0 unspecified atom stereocenters. The van der Waals surface area contributed by atoms with Gasteiger partial charge in [-0.3, -0.25) is 9.35 Å². The number of carbonyl (C=O) groups is 1. The predicted molar refractivity (Wildman–Crippen MR) is 55.0 cm³/mol. The third-order valence-electron chi connectivity index (χ3n) is 1.55. The minimum absolute atomic E-state index is 0.133. The molecule has 1 aromatic rings. The number of nitrogen functional groups attached to an aromatic ring is 1. The second kappa shape index (κ2) is 3.87. The fraction of sp³-hybridized carbons (Fsp3) is 0.125. The molecular formula is C8H10N2O4S. The number of amides is 1. The van der Waals surface area contributed by atoms with Gasteiger partial charge in [0.05, 0.1) is 4.90 Å². The number of anilines is 2. The average molecular weight is 230 g/mol. The highest BCUT2D eigenvalue weighted by atomic mass is 32.2. The van der Waals surface area contributed by atoms with Crippen LogP contribution in [0.15, 0.2) is 23.1 Å². The Balaban J connectivity index is 3.23. The van der Waals surface area contributed by atoms with Crippen LogP contribution in [0.1, 0.15) is 6.92 Å². The molecule has 0 atom stereocenters. The summed E-state index contributed by atoms with van der Waals surface area (Å²) in [5.41, 5.74) is 5.76. The molecular weight excluding hydrogens is 220 g/mol. The van der Waals surface area contributed by atoms with E-state index in [0.717, 1.165) is 12.1 Å². The molecule has 0 saturated heterocycles. The van der Waals surface area contributed by atoms with Crippen molar-refractivity contribution in [3.05, 3.63) is 18.2 Å². The van der Waals surface area contributed by atoms with Gasteiger partial charge in [0.25, 0.3) is 10.1 Å². The van der Waals surface area contributed by atoms with Gasteiger partial charge in [0.1, 0.15) is 0 Å². The lowest BCUT2D eigenvalue weighted by Crippen LogP contribution is -2.08. The molecule has 0 spiro atoms. The van der Waals surface area contributed by atoms with Crippen LogP contribution in [0.3, 0.4) is 0 Å². The van der Waals surface area contributed by atoms with E-state index in [4.69, 9.17) is 10.3 Å². The van der Waals surface area contributed by atoms with Gasteiger partial charge in [-0.1, -0.05) is 0 Å². The van der Waals surface area contributed by atoms with E-state index in [2.05, 4.69) is 5.32 Å². The summed E-state index contributed by atoms with van der Waals surface area (Å²) in [7, 11) is -4.31. The Kier molecular flexibility index (Phi) is 2.96. The van der Waals surface area contributed by atoms with Gasteiger partial charge in [-0.25, -0.2) is 0 Å². The fourth-order valence-corrected chi connectivity index (χ4v) is 1.61. The molecule has 0 aliphatic rings. The van der Waals surface area contributed by atoms with Gasteiger partial charge in [-0.15, -0.1) is 0 Å². The third-order valence-corrected chi connectivity index (χ3v) is 2.38. The minimum atomic E-state index is -4.31. The predicted octanol–water partition coefficient (Wildman–Crippen LogP) is 0.474. The second-order valence-corrected chi connectivity index (χ2v) is 4.37. The van der Waals surface area contributed by atoms with Crippen molar-refractivity contribution >= 4 is 27.4 Å². The summed E-state index contributed by atoms with van der Waals surface area (Å²) in [5.74, 6) is -0.359. The fourth-order valence-electron chi connectivity index (χ4n) is 1.05. The van der Waals surface area contributed by atoms with E-state index >= 15 is 0 Å². The number of carbonyl (C=O) groups excluding carboxylic acids is 1. The summed E-state index contributed by atoms with van der Waals surface area (Å²) in [6.45, 7) is 1.27. The van der Waals surface area contributed by atoms with Gasteiger partial charge in [0.2, 0.25) is 5.91 Å². The van der Waals surface area contributed by atoms with E-state index in [1.165, 1.54) is 13.0 Å². The van der Waals surface area contributed by atoms with Gasteiger partial charge in [0.15, 0.2) is 0 Å².